The van der Waals surface area contributed by atoms with Crippen LogP contribution in [0.4, 0.5) is 4.79 Å². The number of nitrogens with zero attached hydrogens (tertiary/aromatic N) is 2. The van der Waals surface area contributed by atoms with Crippen LogP contribution in [0.2, 0.25) is 0 Å². The molecular formula is C18H25N5O3S. The van der Waals surface area contributed by atoms with Gasteiger partial charge in [0.15, 0.2) is 5.16 Å². The SMILES string of the molecule is C[C@@H](Sc1n[nH]c(=O)n1CCc1ccccc1)C(=O)NC(=O)NC(C)(C)C. The molecule has 9 heteroatoms. The Balaban J connectivity index is 1.97. The summed E-state index contributed by atoms with van der Waals surface area (Å²) in [5, 5.41) is 11.2. The third-order valence-electron chi connectivity index (χ3n) is 3.57. The molecule has 0 saturated carbocycles. The lowest BCUT2D eigenvalue weighted by Gasteiger charge is -2.21. The molecule has 1 aromatic carbocycles. The lowest BCUT2D eigenvalue weighted by molar-refractivity contribution is -0.119. The van der Waals surface area contributed by atoms with E-state index in [0.717, 1.165) is 17.3 Å². The minimum absolute atomic E-state index is 0.327. The Hall–Kier alpha value is -2.55. The van der Waals surface area contributed by atoms with Gasteiger partial charge >= 0.3 is 11.7 Å². The van der Waals surface area contributed by atoms with Gasteiger partial charge in [-0.15, -0.1) is 5.10 Å². The number of H-pyrrole nitrogens is 1. The maximum atomic E-state index is 12.2. The summed E-state index contributed by atoms with van der Waals surface area (Å²) in [7, 11) is 0. The third kappa shape index (κ3) is 6.59. The Morgan fingerprint density at radius 2 is 1.93 bits per heavy atom. The minimum atomic E-state index is -0.596. The number of aromatic amines is 1. The van der Waals surface area contributed by atoms with Crippen molar-refractivity contribution in [3.8, 4) is 0 Å². The van der Waals surface area contributed by atoms with Crippen LogP contribution in [0, 0.1) is 0 Å². The number of hydrogen-bond acceptors (Lipinski definition) is 5. The van der Waals surface area contributed by atoms with Crippen LogP contribution in [-0.4, -0.2) is 37.5 Å². The first-order valence-electron chi connectivity index (χ1n) is 8.64. The van der Waals surface area contributed by atoms with E-state index in [-0.39, 0.29) is 5.69 Å². The van der Waals surface area contributed by atoms with Crippen molar-refractivity contribution in [2.75, 3.05) is 0 Å². The summed E-state index contributed by atoms with van der Waals surface area (Å²) in [5.74, 6) is -0.452. The molecule has 0 radical (unpaired) electrons. The maximum absolute atomic E-state index is 12.2. The fraction of sp³-hybridized carbons (Fsp3) is 0.444. The van der Waals surface area contributed by atoms with Crippen molar-refractivity contribution in [3.63, 3.8) is 0 Å². The summed E-state index contributed by atoms with van der Waals surface area (Å²) >= 11 is 1.12. The molecule has 1 aromatic heterocycles. The highest BCUT2D eigenvalue weighted by Gasteiger charge is 2.22. The number of imide groups is 1. The molecule has 0 fully saturated rings. The molecule has 0 unspecified atom stereocenters. The van der Waals surface area contributed by atoms with Crippen molar-refractivity contribution in [1.29, 1.82) is 0 Å². The molecule has 3 amide bonds. The van der Waals surface area contributed by atoms with Gasteiger partial charge in [-0.25, -0.2) is 14.7 Å². The fourth-order valence-electron chi connectivity index (χ4n) is 2.27. The smallest absolute Gasteiger partial charge is 0.333 e. The number of urea groups is 1. The van der Waals surface area contributed by atoms with Crippen molar-refractivity contribution >= 4 is 23.7 Å². The lowest BCUT2D eigenvalue weighted by Crippen LogP contribution is -2.49. The number of aryl methyl sites for hydroxylation is 1. The van der Waals surface area contributed by atoms with Gasteiger partial charge in [0.2, 0.25) is 5.91 Å². The molecule has 2 aromatic rings. The number of amides is 3. The van der Waals surface area contributed by atoms with E-state index in [9.17, 15) is 14.4 Å². The Morgan fingerprint density at radius 1 is 1.26 bits per heavy atom. The van der Waals surface area contributed by atoms with E-state index in [1.807, 2.05) is 51.1 Å². The molecule has 1 heterocycles. The van der Waals surface area contributed by atoms with Crippen LogP contribution in [0.1, 0.15) is 33.3 Å². The molecule has 2 rings (SSSR count). The zero-order valence-electron chi connectivity index (χ0n) is 15.9. The highest BCUT2D eigenvalue weighted by Crippen LogP contribution is 2.20. The van der Waals surface area contributed by atoms with Gasteiger partial charge < -0.3 is 5.32 Å². The monoisotopic (exact) mass is 391 g/mol. The molecule has 146 valence electrons. The van der Waals surface area contributed by atoms with E-state index in [1.165, 1.54) is 4.57 Å². The second kappa shape index (κ2) is 8.90. The highest BCUT2D eigenvalue weighted by molar-refractivity contribution is 8.00. The van der Waals surface area contributed by atoms with Gasteiger partial charge in [-0.1, -0.05) is 42.1 Å². The van der Waals surface area contributed by atoms with Crippen LogP contribution < -0.4 is 16.3 Å². The molecule has 8 nitrogen and oxygen atoms in total. The average molecular weight is 391 g/mol. The van der Waals surface area contributed by atoms with Gasteiger partial charge in [0.1, 0.15) is 0 Å². The van der Waals surface area contributed by atoms with Crippen LogP contribution in [0.25, 0.3) is 0 Å². The summed E-state index contributed by atoms with van der Waals surface area (Å²) in [4.78, 5) is 36.1. The number of benzene rings is 1. The van der Waals surface area contributed by atoms with Crippen LogP contribution in [0.3, 0.4) is 0 Å². The number of rotatable bonds is 6. The van der Waals surface area contributed by atoms with Crippen LogP contribution in [-0.2, 0) is 17.8 Å². The number of hydrogen-bond donors (Lipinski definition) is 3. The number of nitrogens with one attached hydrogen (secondary N) is 3. The van der Waals surface area contributed by atoms with E-state index in [2.05, 4.69) is 20.8 Å². The summed E-state index contributed by atoms with van der Waals surface area (Å²) in [6.07, 6.45) is 0.669. The first kappa shape index (κ1) is 20.8. The quantitative estimate of drug-likeness (QED) is 0.652. The number of thioether (sulfide) groups is 1. The van der Waals surface area contributed by atoms with Gasteiger partial charge in [-0.2, -0.15) is 0 Å². The van der Waals surface area contributed by atoms with Crippen LogP contribution in [0.5, 0.6) is 0 Å². The topological polar surface area (TPSA) is 109 Å². The predicted octanol–water partition coefficient (Wildman–Crippen LogP) is 1.92. The normalized spacial score (nSPS) is 12.4. The standard InChI is InChI=1S/C18H25N5O3S/c1-12(14(24)19-15(25)20-18(2,3)4)27-17-22-21-16(26)23(17)11-10-13-8-6-5-7-9-13/h5-9,12H,10-11H2,1-4H3,(H,21,26)(H2,19,20,24,25)/t12-/m1/s1. The van der Waals surface area contributed by atoms with Crippen LogP contribution >= 0.6 is 11.8 Å². The van der Waals surface area contributed by atoms with E-state index >= 15 is 0 Å². The minimum Gasteiger partial charge on any atom is -0.333 e. The molecule has 0 aliphatic rings. The van der Waals surface area contributed by atoms with Gasteiger partial charge in [-0.3, -0.25) is 14.7 Å². The molecule has 27 heavy (non-hydrogen) atoms. The van der Waals surface area contributed by atoms with Crippen LogP contribution in [0.15, 0.2) is 40.3 Å². The van der Waals surface area contributed by atoms with Gasteiger partial charge in [0.25, 0.3) is 0 Å². The maximum Gasteiger partial charge on any atom is 0.343 e. The molecule has 0 aliphatic heterocycles. The highest BCUT2D eigenvalue weighted by atomic mass is 32.2. The fourth-order valence-corrected chi connectivity index (χ4v) is 3.15. The average Bonchev–Trinajstić information content (AvgIpc) is 2.91. The molecule has 0 spiro atoms. The lowest BCUT2D eigenvalue weighted by atomic mass is 10.1. The van der Waals surface area contributed by atoms with E-state index < -0.39 is 22.7 Å². The van der Waals surface area contributed by atoms with Crippen molar-refractivity contribution in [2.24, 2.45) is 0 Å². The molecular weight excluding hydrogens is 366 g/mol. The van der Waals surface area contributed by atoms with Crippen molar-refractivity contribution < 1.29 is 9.59 Å². The second-order valence-electron chi connectivity index (χ2n) is 7.15. The predicted molar refractivity (Wildman–Crippen MR) is 105 cm³/mol. The first-order chi connectivity index (χ1) is 12.7. The summed E-state index contributed by atoms with van der Waals surface area (Å²) in [5.41, 5.74) is 0.332. The van der Waals surface area contributed by atoms with Gasteiger partial charge in [0, 0.05) is 12.1 Å². The van der Waals surface area contributed by atoms with Gasteiger partial charge in [-0.05, 0) is 39.7 Å². The van der Waals surface area contributed by atoms with Crippen molar-refractivity contribution in [3.05, 3.63) is 46.4 Å². The number of carbonyl (C=O) groups excluding carboxylic acids is 2. The number of carbonyl (C=O) groups is 2. The first-order valence-corrected chi connectivity index (χ1v) is 9.52. The Morgan fingerprint density at radius 3 is 2.56 bits per heavy atom. The molecule has 0 bridgehead atoms. The molecule has 0 saturated heterocycles. The second-order valence-corrected chi connectivity index (χ2v) is 8.46. The summed E-state index contributed by atoms with van der Waals surface area (Å²) < 4.78 is 1.50. The largest absolute Gasteiger partial charge is 0.343 e. The zero-order chi connectivity index (χ0) is 20.0. The Labute approximate surface area is 162 Å². The van der Waals surface area contributed by atoms with E-state index in [4.69, 9.17) is 0 Å². The Bertz CT molecular complexity index is 839. The van der Waals surface area contributed by atoms with Crippen molar-refractivity contribution in [1.82, 2.24) is 25.4 Å². The van der Waals surface area contributed by atoms with Crippen molar-refractivity contribution in [2.45, 2.75) is 56.6 Å². The summed E-state index contributed by atoms with van der Waals surface area (Å²) in [6, 6.07) is 9.24. The summed E-state index contributed by atoms with van der Waals surface area (Å²) in [6.45, 7) is 7.57. The number of aromatic nitrogens is 3. The van der Waals surface area contributed by atoms with E-state index in [1.54, 1.807) is 6.92 Å². The molecule has 1 atom stereocenters. The molecule has 0 aliphatic carbocycles. The Kier molecular flexibility index (Phi) is 6.84. The van der Waals surface area contributed by atoms with Gasteiger partial charge in [0.05, 0.1) is 5.25 Å². The molecule has 3 N–H and O–H groups in total. The third-order valence-corrected chi connectivity index (χ3v) is 4.66. The zero-order valence-corrected chi connectivity index (χ0v) is 16.7. The van der Waals surface area contributed by atoms with E-state index in [0.29, 0.717) is 18.1 Å².